The minimum absolute atomic E-state index is 0. The summed E-state index contributed by atoms with van der Waals surface area (Å²) in [5, 5.41) is 13.2. The van der Waals surface area contributed by atoms with Gasteiger partial charge in [0.1, 0.15) is 17.5 Å². The van der Waals surface area contributed by atoms with Crippen LogP contribution in [0.5, 0.6) is 11.5 Å². The summed E-state index contributed by atoms with van der Waals surface area (Å²) in [6, 6.07) is 11.0. The minimum atomic E-state index is -0.907. The molecule has 0 aliphatic carbocycles. The summed E-state index contributed by atoms with van der Waals surface area (Å²) in [6.07, 6.45) is 2.06. The third-order valence-corrected chi connectivity index (χ3v) is 5.01. The first-order valence-electron chi connectivity index (χ1n) is 10.6. The first-order chi connectivity index (χ1) is 15.3. The molecule has 0 heterocycles. The zero-order chi connectivity index (χ0) is 23.5. The van der Waals surface area contributed by atoms with Crippen molar-refractivity contribution in [1.29, 1.82) is 0 Å². The molecule has 1 atom stereocenters. The molecule has 0 fully saturated rings. The largest absolute Gasteiger partial charge is 0.507 e. The molecule has 0 saturated carbocycles. The molecule has 0 aliphatic heterocycles. The number of phenols is 1. The van der Waals surface area contributed by atoms with Gasteiger partial charge >= 0.3 is 5.97 Å². The molecule has 1 amide bonds. The van der Waals surface area contributed by atoms with Gasteiger partial charge in [-0.3, -0.25) is 4.79 Å². The lowest BCUT2D eigenvalue weighted by molar-refractivity contribution is -0.145. The van der Waals surface area contributed by atoms with Gasteiger partial charge in [0.05, 0.1) is 23.8 Å². The summed E-state index contributed by atoms with van der Waals surface area (Å²) in [6.45, 7) is 3.29. The second kappa shape index (κ2) is 14.6. The third kappa shape index (κ3) is 9.50. The van der Waals surface area contributed by atoms with Gasteiger partial charge in [0, 0.05) is 12.5 Å². The molecule has 33 heavy (non-hydrogen) atoms. The Morgan fingerprint density at radius 2 is 1.85 bits per heavy atom. The summed E-state index contributed by atoms with van der Waals surface area (Å²) in [5.74, 6) is -1.15. The molecule has 0 aliphatic rings. The lowest BCUT2D eigenvalue weighted by Gasteiger charge is -2.18. The van der Waals surface area contributed by atoms with E-state index in [1.165, 1.54) is 12.1 Å². The summed E-state index contributed by atoms with van der Waals surface area (Å²) in [7, 11) is 4.01. The van der Waals surface area contributed by atoms with E-state index < -0.39 is 17.9 Å². The smallest absolute Gasteiger partial charge is 0.328 e. The summed E-state index contributed by atoms with van der Waals surface area (Å²) in [5.41, 5.74) is 0.823. The number of esters is 1. The van der Waals surface area contributed by atoms with Gasteiger partial charge < -0.3 is 24.8 Å². The van der Waals surface area contributed by atoms with Gasteiger partial charge in [-0.05, 0) is 52.0 Å². The zero-order valence-electron chi connectivity index (χ0n) is 19.2. The molecule has 182 valence electrons. The quantitative estimate of drug-likeness (QED) is 0.338. The lowest BCUT2D eigenvalue weighted by atomic mass is 10.1. The van der Waals surface area contributed by atoms with E-state index >= 15 is 0 Å². The SMILES string of the molecule is CCOC(=O)[C@H](Cc1ccccc1)NC(=O)c1cc(Cl)c(OCCCCN(C)C)cc1O.Cl. The van der Waals surface area contributed by atoms with Crippen LogP contribution >= 0.6 is 24.0 Å². The summed E-state index contributed by atoms with van der Waals surface area (Å²) < 4.78 is 10.7. The van der Waals surface area contributed by atoms with Crippen LogP contribution < -0.4 is 10.1 Å². The molecule has 0 saturated heterocycles. The van der Waals surface area contributed by atoms with Crippen molar-refractivity contribution in [3.05, 3.63) is 58.6 Å². The molecule has 0 radical (unpaired) electrons. The molecule has 2 aromatic rings. The Kier molecular flexibility index (Phi) is 12.7. The number of ether oxygens (including phenoxy) is 2. The van der Waals surface area contributed by atoms with E-state index in [0.717, 1.165) is 24.9 Å². The fourth-order valence-electron chi connectivity index (χ4n) is 3.07. The molecule has 9 heteroatoms. The molecular weight excluding hydrogens is 467 g/mol. The van der Waals surface area contributed by atoms with Gasteiger partial charge in [0.25, 0.3) is 5.91 Å². The van der Waals surface area contributed by atoms with Gasteiger partial charge in [-0.2, -0.15) is 0 Å². The number of halogens is 2. The van der Waals surface area contributed by atoms with Crippen LogP contribution in [0, 0.1) is 0 Å². The normalized spacial score (nSPS) is 11.4. The number of hydrogen-bond donors (Lipinski definition) is 2. The Morgan fingerprint density at radius 3 is 2.48 bits per heavy atom. The first-order valence-corrected chi connectivity index (χ1v) is 11.0. The van der Waals surface area contributed by atoms with E-state index in [0.29, 0.717) is 12.4 Å². The van der Waals surface area contributed by atoms with Crippen molar-refractivity contribution in [3.8, 4) is 11.5 Å². The van der Waals surface area contributed by atoms with Crippen LogP contribution in [0.1, 0.15) is 35.7 Å². The van der Waals surface area contributed by atoms with Gasteiger partial charge in [-0.15, -0.1) is 12.4 Å². The number of carbonyl (C=O) groups excluding carboxylic acids is 2. The Morgan fingerprint density at radius 1 is 1.15 bits per heavy atom. The van der Waals surface area contributed by atoms with Crippen LogP contribution in [0.3, 0.4) is 0 Å². The van der Waals surface area contributed by atoms with Crippen molar-refractivity contribution >= 4 is 35.9 Å². The Bertz CT molecular complexity index is 894. The van der Waals surface area contributed by atoms with E-state index in [-0.39, 0.29) is 41.8 Å². The van der Waals surface area contributed by atoms with Crippen molar-refractivity contribution in [1.82, 2.24) is 10.2 Å². The third-order valence-electron chi connectivity index (χ3n) is 4.71. The number of unbranched alkanes of at least 4 members (excludes halogenated alkanes) is 1. The van der Waals surface area contributed by atoms with E-state index in [9.17, 15) is 14.7 Å². The van der Waals surface area contributed by atoms with E-state index in [2.05, 4.69) is 10.2 Å². The molecule has 2 aromatic carbocycles. The lowest BCUT2D eigenvalue weighted by Crippen LogP contribution is -2.43. The Balaban J connectivity index is 0.00000544. The zero-order valence-corrected chi connectivity index (χ0v) is 20.7. The van der Waals surface area contributed by atoms with Gasteiger partial charge in [0.2, 0.25) is 0 Å². The maximum absolute atomic E-state index is 12.8. The predicted molar refractivity (Wildman–Crippen MR) is 132 cm³/mol. The number of rotatable bonds is 12. The first kappa shape index (κ1) is 28.6. The number of benzene rings is 2. The highest BCUT2D eigenvalue weighted by Gasteiger charge is 2.25. The molecule has 0 spiro atoms. The van der Waals surface area contributed by atoms with Crippen molar-refractivity contribution < 1.29 is 24.2 Å². The molecule has 0 aromatic heterocycles. The fourth-order valence-corrected chi connectivity index (χ4v) is 3.29. The average molecular weight is 499 g/mol. The highest BCUT2D eigenvalue weighted by molar-refractivity contribution is 6.32. The molecule has 0 bridgehead atoms. The Hall–Kier alpha value is -2.48. The molecular formula is C24H32Cl2N2O5. The summed E-state index contributed by atoms with van der Waals surface area (Å²) in [4.78, 5) is 27.3. The number of amides is 1. The van der Waals surface area contributed by atoms with E-state index in [1.54, 1.807) is 6.92 Å². The van der Waals surface area contributed by atoms with Crippen LogP contribution in [0.15, 0.2) is 42.5 Å². The van der Waals surface area contributed by atoms with Crippen LogP contribution in [0.25, 0.3) is 0 Å². The van der Waals surface area contributed by atoms with Crippen LogP contribution in [0.4, 0.5) is 0 Å². The second-order valence-corrected chi connectivity index (χ2v) is 8.03. The monoisotopic (exact) mass is 498 g/mol. The predicted octanol–water partition coefficient (Wildman–Crippen LogP) is 4.09. The van der Waals surface area contributed by atoms with E-state index in [1.807, 2.05) is 44.4 Å². The number of aromatic hydroxyl groups is 1. The highest BCUT2D eigenvalue weighted by atomic mass is 35.5. The second-order valence-electron chi connectivity index (χ2n) is 7.63. The van der Waals surface area contributed by atoms with Crippen LogP contribution in [-0.4, -0.2) is 61.8 Å². The molecule has 2 rings (SSSR count). The highest BCUT2D eigenvalue weighted by Crippen LogP contribution is 2.32. The average Bonchev–Trinajstić information content (AvgIpc) is 2.75. The van der Waals surface area contributed by atoms with Gasteiger partial charge in [-0.1, -0.05) is 41.9 Å². The number of carbonyl (C=O) groups is 2. The standard InChI is InChI=1S/C24H31ClN2O5.ClH/c1-4-31-24(30)20(14-17-10-6-5-7-11-17)26-23(29)18-15-19(25)22(16-21(18)28)32-13-9-8-12-27(2)3;/h5-7,10-11,15-16,20,28H,4,8-9,12-14H2,1-3H3,(H,26,29);1H/t20-;/m0./s1. The van der Waals surface area contributed by atoms with Crippen molar-refractivity contribution in [3.63, 3.8) is 0 Å². The Labute approximate surface area is 206 Å². The number of hydrogen-bond acceptors (Lipinski definition) is 6. The fraction of sp³-hybridized carbons (Fsp3) is 0.417. The maximum atomic E-state index is 12.8. The van der Waals surface area contributed by atoms with Crippen molar-refractivity contribution in [2.45, 2.75) is 32.2 Å². The maximum Gasteiger partial charge on any atom is 0.328 e. The molecule has 2 N–H and O–H groups in total. The number of nitrogens with zero attached hydrogens (tertiary/aromatic N) is 1. The van der Waals surface area contributed by atoms with E-state index in [4.69, 9.17) is 21.1 Å². The molecule has 0 unspecified atom stereocenters. The number of phenolic OH excluding ortho intramolecular Hbond substituents is 1. The van der Waals surface area contributed by atoms with Crippen molar-refractivity contribution in [2.75, 3.05) is 33.9 Å². The van der Waals surface area contributed by atoms with Crippen LogP contribution in [-0.2, 0) is 16.0 Å². The van der Waals surface area contributed by atoms with Crippen LogP contribution in [0.2, 0.25) is 5.02 Å². The van der Waals surface area contributed by atoms with Gasteiger partial charge in [0.15, 0.2) is 0 Å². The van der Waals surface area contributed by atoms with Gasteiger partial charge in [-0.25, -0.2) is 4.79 Å². The minimum Gasteiger partial charge on any atom is -0.507 e. The molecule has 7 nitrogen and oxygen atoms in total. The topological polar surface area (TPSA) is 88.1 Å². The summed E-state index contributed by atoms with van der Waals surface area (Å²) >= 11 is 6.27. The van der Waals surface area contributed by atoms with Crippen molar-refractivity contribution in [2.24, 2.45) is 0 Å². The number of nitrogens with one attached hydrogen (secondary N) is 1.